The molecule has 0 saturated carbocycles. The molecule has 116 valence electrons. The molecule has 0 unspecified atom stereocenters. The van der Waals surface area contributed by atoms with E-state index in [4.69, 9.17) is 4.74 Å². The Morgan fingerprint density at radius 2 is 1.74 bits per heavy atom. The maximum absolute atomic E-state index is 10.5. The van der Waals surface area contributed by atoms with Crippen molar-refractivity contribution >= 4 is 26.7 Å². The number of hydrogen-bond acceptors (Lipinski definition) is 2. The number of ether oxygens (including phenoxy) is 1. The van der Waals surface area contributed by atoms with E-state index in [1.54, 1.807) is 7.11 Å². The third-order valence-electron chi connectivity index (χ3n) is 4.92. The standard InChI is InChI=1S/C20H17BrO2/c1-20(2)16-9-12(23-3)5-7-14(16)19-15-8-11(21)4-6-13(15)18(22)10-17(19)20/h4-10,22H,1-3H3. The highest BCUT2D eigenvalue weighted by molar-refractivity contribution is 9.10. The number of hydrogen-bond donors (Lipinski definition) is 1. The number of methoxy groups -OCH3 is 1. The first-order valence-corrected chi connectivity index (χ1v) is 8.37. The molecule has 0 fully saturated rings. The van der Waals surface area contributed by atoms with Crippen LogP contribution < -0.4 is 4.74 Å². The lowest BCUT2D eigenvalue weighted by molar-refractivity contribution is 0.413. The van der Waals surface area contributed by atoms with Gasteiger partial charge in [0, 0.05) is 15.3 Å². The summed E-state index contributed by atoms with van der Waals surface area (Å²) in [6, 6.07) is 14.2. The van der Waals surface area contributed by atoms with Crippen molar-refractivity contribution in [2.24, 2.45) is 0 Å². The predicted octanol–water partition coefficient (Wildman–Crippen LogP) is 5.62. The molecule has 0 amide bonds. The summed E-state index contributed by atoms with van der Waals surface area (Å²) >= 11 is 3.55. The van der Waals surface area contributed by atoms with Gasteiger partial charge in [-0.1, -0.05) is 35.8 Å². The minimum atomic E-state index is -0.173. The van der Waals surface area contributed by atoms with Crippen LogP contribution in [-0.4, -0.2) is 12.2 Å². The van der Waals surface area contributed by atoms with Crippen LogP contribution in [0.2, 0.25) is 0 Å². The van der Waals surface area contributed by atoms with E-state index in [-0.39, 0.29) is 5.41 Å². The van der Waals surface area contributed by atoms with E-state index in [9.17, 15) is 5.11 Å². The highest BCUT2D eigenvalue weighted by atomic mass is 79.9. The quantitative estimate of drug-likeness (QED) is 0.603. The van der Waals surface area contributed by atoms with Crippen LogP contribution in [-0.2, 0) is 5.41 Å². The third-order valence-corrected chi connectivity index (χ3v) is 5.41. The second-order valence-electron chi connectivity index (χ2n) is 6.54. The maximum atomic E-state index is 10.5. The van der Waals surface area contributed by atoms with Crippen LogP contribution in [0.1, 0.15) is 25.0 Å². The second kappa shape index (κ2) is 4.75. The summed E-state index contributed by atoms with van der Waals surface area (Å²) in [5.41, 5.74) is 4.64. The molecule has 1 N–H and O–H groups in total. The number of rotatable bonds is 1. The Labute approximate surface area is 143 Å². The van der Waals surface area contributed by atoms with Crippen LogP contribution in [0.3, 0.4) is 0 Å². The van der Waals surface area contributed by atoms with Crippen LogP contribution in [0.15, 0.2) is 46.9 Å². The average molecular weight is 369 g/mol. The van der Waals surface area contributed by atoms with Gasteiger partial charge in [-0.05, 0) is 64.0 Å². The summed E-state index contributed by atoms with van der Waals surface area (Å²) in [7, 11) is 1.69. The normalized spacial score (nSPS) is 14.6. The molecule has 23 heavy (non-hydrogen) atoms. The molecule has 0 spiro atoms. The Bertz CT molecular complexity index is 958. The summed E-state index contributed by atoms with van der Waals surface area (Å²) in [4.78, 5) is 0. The van der Waals surface area contributed by atoms with Crippen LogP contribution in [0.5, 0.6) is 11.5 Å². The predicted molar refractivity (Wildman–Crippen MR) is 97.4 cm³/mol. The molecule has 1 aliphatic rings. The molecule has 1 aliphatic carbocycles. The van der Waals surface area contributed by atoms with Crippen molar-refractivity contribution in [1.82, 2.24) is 0 Å². The number of aromatic hydroxyl groups is 1. The molecule has 0 aromatic heterocycles. The van der Waals surface area contributed by atoms with E-state index < -0.39 is 0 Å². The maximum Gasteiger partial charge on any atom is 0.123 e. The fraction of sp³-hybridized carbons (Fsp3) is 0.200. The molecule has 2 nitrogen and oxygen atoms in total. The van der Waals surface area contributed by atoms with Crippen LogP contribution in [0, 0.1) is 0 Å². The van der Waals surface area contributed by atoms with Gasteiger partial charge < -0.3 is 9.84 Å². The molecular formula is C20H17BrO2. The fourth-order valence-electron chi connectivity index (χ4n) is 3.69. The Balaban J connectivity index is 2.17. The zero-order valence-corrected chi connectivity index (χ0v) is 14.9. The zero-order chi connectivity index (χ0) is 16.4. The average Bonchev–Trinajstić information content (AvgIpc) is 2.75. The van der Waals surface area contributed by atoms with Gasteiger partial charge in [0.25, 0.3) is 0 Å². The molecule has 0 bridgehead atoms. The molecule has 0 saturated heterocycles. The number of phenolic OH excluding ortho intramolecular Hbond substituents is 1. The van der Waals surface area contributed by atoms with Gasteiger partial charge in [0.2, 0.25) is 0 Å². The van der Waals surface area contributed by atoms with E-state index in [2.05, 4.69) is 48.0 Å². The van der Waals surface area contributed by atoms with E-state index in [0.29, 0.717) is 5.75 Å². The topological polar surface area (TPSA) is 29.5 Å². The lowest BCUT2D eigenvalue weighted by Gasteiger charge is -2.22. The Hall–Kier alpha value is -2.00. The summed E-state index contributed by atoms with van der Waals surface area (Å²) in [5, 5.41) is 12.5. The van der Waals surface area contributed by atoms with Gasteiger partial charge >= 0.3 is 0 Å². The highest BCUT2D eigenvalue weighted by Crippen LogP contribution is 2.53. The lowest BCUT2D eigenvalue weighted by atomic mass is 9.82. The summed E-state index contributed by atoms with van der Waals surface area (Å²) in [5.74, 6) is 1.19. The fourth-order valence-corrected chi connectivity index (χ4v) is 4.05. The molecule has 3 aromatic rings. The van der Waals surface area contributed by atoms with Crippen LogP contribution in [0.4, 0.5) is 0 Å². The summed E-state index contributed by atoms with van der Waals surface area (Å²) in [6.45, 7) is 4.39. The molecule has 4 rings (SSSR count). The Morgan fingerprint density at radius 3 is 2.48 bits per heavy atom. The molecule has 0 atom stereocenters. The van der Waals surface area contributed by atoms with Gasteiger partial charge in [0.15, 0.2) is 0 Å². The van der Waals surface area contributed by atoms with E-state index in [0.717, 1.165) is 26.6 Å². The van der Waals surface area contributed by atoms with Crippen molar-refractivity contribution in [3.05, 3.63) is 58.1 Å². The molecule has 0 aliphatic heterocycles. The number of halogens is 1. The van der Waals surface area contributed by atoms with Crippen molar-refractivity contribution < 1.29 is 9.84 Å². The van der Waals surface area contributed by atoms with E-state index in [1.165, 1.54) is 16.7 Å². The van der Waals surface area contributed by atoms with Crippen molar-refractivity contribution in [3.8, 4) is 22.6 Å². The van der Waals surface area contributed by atoms with Gasteiger partial charge in [-0.15, -0.1) is 0 Å². The number of phenols is 1. The smallest absolute Gasteiger partial charge is 0.123 e. The van der Waals surface area contributed by atoms with Crippen molar-refractivity contribution in [2.45, 2.75) is 19.3 Å². The lowest BCUT2D eigenvalue weighted by Crippen LogP contribution is -2.15. The third kappa shape index (κ3) is 1.93. The first kappa shape index (κ1) is 14.6. The molecule has 3 aromatic carbocycles. The number of benzene rings is 3. The van der Waals surface area contributed by atoms with Crippen molar-refractivity contribution in [2.75, 3.05) is 7.11 Å². The van der Waals surface area contributed by atoms with Gasteiger partial charge in [-0.3, -0.25) is 0 Å². The molecular weight excluding hydrogens is 352 g/mol. The van der Waals surface area contributed by atoms with E-state index in [1.807, 2.05) is 24.3 Å². The highest BCUT2D eigenvalue weighted by Gasteiger charge is 2.37. The monoisotopic (exact) mass is 368 g/mol. The Kier molecular flexibility index (Phi) is 3.01. The van der Waals surface area contributed by atoms with Gasteiger partial charge in [-0.25, -0.2) is 0 Å². The minimum absolute atomic E-state index is 0.173. The molecule has 0 heterocycles. The molecule has 3 heteroatoms. The Morgan fingerprint density at radius 1 is 0.957 bits per heavy atom. The SMILES string of the molecule is COc1ccc2c(c1)C(C)(C)c1cc(O)c3ccc(Br)cc3c1-2. The van der Waals surface area contributed by atoms with Crippen molar-refractivity contribution in [3.63, 3.8) is 0 Å². The van der Waals surface area contributed by atoms with Gasteiger partial charge in [0.1, 0.15) is 11.5 Å². The second-order valence-corrected chi connectivity index (χ2v) is 7.46. The zero-order valence-electron chi connectivity index (χ0n) is 13.3. The largest absolute Gasteiger partial charge is 0.507 e. The first-order chi connectivity index (χ1) is 10.9. The minimum Gasteiger partial charge on any atom is -0.507 e. The van der Waals surface area contributed by atoms with Gasteiger partial charge in [-0.2, -0.15) is 0 Å². The summed E-state index contributed by atoms with van der Waals surface area (Å²) in [6.07, 6.45) is 0. The first-order valence-electron chi connectivity index (χ1n) is 7.58. The van der Waals surface area contributed by atoms with Crippen molar-refractivity contribution in [1.29, 1.82) is 0 Å². The van der Waals surface area contributed by atoms with Crippen LogP contribution in [0.25, 0.3) is 21.9 Å². The van der Waals surface area contributed by atoms with E-state index >= 15 is 0 Å². The molecule has 0 radical (unpaired) electrons. The van der Waals surface area contributed by atoms with Crippen LogP contribution >= 0.6 is 15.9 Å². The van der Waals surface area contributed by atoms with Gasteiger partial charge in [0.05, 0.1) is 7.11 Å². The number of fused-ring (bicyclic) bond motifs is 5. The summed E-state index contributed by atoms with van der Waals surface area (Å²) < 4.78 is 6.42.